The molecule has 2 aromatic carbocycles. The molecule has 1 heterocycles. The molecule has 1 fully saturated rings. The first-order chi connectivity index (χ1) is 13.7. The van der Waals surface area contributed by atoms with E-state index in [0.29, 0.717) is 11.9 Å². The normalized spacial score (nSPS) is 15.4. The molecule has 0 saturated carbocycles. The highest BCUT2D eigenvalue weighted by molar-refractivity contribution is 14.0. The molecule has 0 amide bonds. The van der Waals surface area contributed by atoms with Crippen molar-refractivity contribution in [2.24, 2.45) is 16.6 Å². The van der Waals surface area contributed by atoms with Crippen molar-refractivity contribution in [3.63, 3.8) is 0 Å². The van der Waals surface area contributed by atoms with Crippen LogP contribution >= 0.6 is 24.0 Å². The van der Waals surface area contributed by atoms with E-state index in [1.807, 2.05) is 36.4 Å². The highest BCUT2D eigenvalue weighted by Crippen LogP contribution is 2.23. The summed E-state index contributed by atoms with van der Waals surface area (Å²) in [5.41, 5.74) is 8.22. The van der Waals surface area contributed by atoms with Gasteiger partial charge in [-0.1, -0.05) is 24.3 Å². The van der Waals surface area contributed by atoms with E-state index in [9.17, 15) is 0 Å². The first kappa shape index (κ1) is 23.3. The zero-order valence-electron chi connectivity index (χ0n) is 17.1. The Labute approximate surface area is 190 Å². The quantitative estimate of drug-likeness (QED) is 0.335. The molecule has 0 atom stereocenters. The molecule has 158 valence electrons. The predicted molar refractivity (Wildman–Crippen MR) is 130 cm³/mol. The fourth-order valence-electron chi connectivity index (χ4n) is 3.47. The Kier molecular flexibility index (Phi) is 9.53. The zero-order valence-corrected chi connectivity index (χ0v) is 19.5. The second-order valence-corrected chi connectivity index (χ2v) is 7.12. The van der Waals surface area contributed by atoms with E-state index in [4.69, 9.17) is 15.2 Å². The maximum atomic E-state index is 6.06. The highest BCUT2D eigenvalue weighted by Gasteiger charge is 2.19. The lowest BCUT2D eigenvalue weighted by Gasteiger charge is -2.31. The van der Waals surface area contributed by atoms with Gasteiger partial charge < -0.3 is 20.5 Å². The molecule has 1 aliphatic heterocycles. The molecule has 0 spiro atoms. The molecular weight excluding hydrogens is 479 g/mol. The first-order valence-corrected chi connectivity index (χ1v) is 9.73. The molecule has 0 radical (unpaired) electrons. The number of hydrogen-bond donors (Lipinski definition) is 2. The number of guanidine groups is 1. The molecule has 0 unspecified atom stereocenters. The lowest BCUT2D eigenvalue weighted by molar-refractivity contribution is 0.180. The third-order valence-corrected chi connectivity index (χ3v) is 5.16. The molecule has 2 aromatic rings. The van der Waals surface area contributed by atoms with Crippen LogP contribution in [0, 0.1) is 5.92 Å². The van der Waals surface area contributed by atoms with Crippen molar-refractivity contribution in [2.45, 2.75) is 19.4 Å². The van der Waals surface area contributed by atoms with Crippen molar-refractivity contribution in [3.8, 4) is 11.5 Å². The third-order valence-electron chi connectivity index (χ3n) is 5.16. The fraction of sp³-hybridized carbons (Fsp3) is 0.409. The average molecular weight is 510 g/mol. The summed E-state index contributed by atoms with van der Waals surface area (Å²) < 4.78 is 10.6. The van der Waals surface area contributed by atoms with Crippen LogP contribution in [0.25, 0.3) is 0 Å². The molecule has 3 rings (SSSR count). The summed E-state index contributed by atoms with van der Waals surface area (Å²) in [6.07, 6.45) is 2.28. The molecule has 6 nitrogen and oxygen atoms in total. The third kappa shape index (κ3) is 7.08. The number of hydrogen-bond acceptors (Lipinski definition) is 4. The highest BCUT2D eigenvalue weighted by atomic mass is 127. The molecule has 1 aliphatic rings. The van der Waals surface area contributed by atoms with E-state index in [2.05, 4.69) is 27.3 Å². The van der Waals surface area contributed by atoms with Crippen LogP contribution in [0.3, 0.4) is 0 Å². The van der Waals surface area contributed by atoms with Crippen molar-refractivity contribution >= 4 is 35.6 Å². The molecule has 7 heteroatoms. The van der Waals surface area contributed by atoms with Gasteiger partial charge in [0.05, 0.1) is 19.9 Å². The van der Waals surface area contributed by atoms with Crippen LogP contribution < -0.4 is 20.5 Å². The van der Waals surface area contributed by atoms with Gasteiger partial charge in [0.15, 0.2) is 5.96 Å². The average Bonchev–Trinajstić information content (AvgIpc) is 2.74. The van der Waals surface area contributed by atoms with Crippen LogP contribution in [-0.2, 0) is 6.54 Å². The van der Waals surface area contributed by atoms with Crippen LogP contribution in [0.1, 0.15) is 18.4 Å². The monoisotopic (exact) mass is 510 g/mol. The largest absolute Gasteiger partial charge is 0.497 e. The van der Waals surface area contributed by atoms with Crippen LogP contribution in [-0.4, -0.2) is 44.7 Å². The Morgan fingerprint density at radius 3 is 2.41 bits per heavy atom. The second-order valence-electron chi connectivity index (χ2n) is 7.12. The van der Waals surface area contributed by atoms with E-state index in [-0.39, 0.29) is 24.0 Å². The van der Waals surface area contributed by atoms with Crippen molar-refractivity contribution in [3.05, 3.63) is 54.1 Å². The minimum absolute atomic E-state index is 0. The van der Waals surface area contributed by atoms with Gasteiger partial charge in [-0.05, 0) is 61.7 Å². The Balaban J connectivity index is 0.00000300. The van der Waals surface area contributed by atoms with E-state index in [0.717, 1.165) is 56.2 Å². The standard InChI is InChI=1S/C22H30N4O2.HI/c1-27-19-9-7-18(8-10-19)16-26-13-11-17(12-14-26)15-24-22(23)25-20-5-3-4-6-21(20)28-2;/h3-10,17H,11-16H2,1-2H3,(H3,23,24,25);1H. The molecule has 0 aliphatic carbocycles. The SMILES string of the molecule is COc1ccc(CN2CCC(CN=C(N)Nc3ccccc3OC)CC2)cc1.I. The van der Waals surface area contributed by atoms with E-state index < -0.39 is 0 Å². The number of methoxy groups -OCH3 is 2. The Morgan fingerprint density at radius 1 is 1.07 bits per heavy atom. The van der Waals surface area contributed by atoms with Gasteiger partial charge in [0, 0.05) is 13.1 Å². The lowest BCUT2D eigenvalue weighted by Crippen LogP contribution is -2.34. The number of halogens is 1. The van der Waals surface area contributed by atoms with E-state index >= 15 is 0 Å². The number of aliphatic imine (C=N–C) groups is 1. The second kappa shape index (κ2) is 11.9. The van der Waals surface area contributed by atoms with Crippen LogP contribution in [0.4, 0.5) is 5.69 Å². The van der Waals surface area contributed by atoms with Gasteiger partial charge in [0.25, 0.3) is 0 Å². The van der Waals surface area contributed by atoms with Crippen LogP contribution in [0.15, 0.2) is 53.5 Å². The number of rotatable bonds is 7. The maximum absolute atomic E-state index is 6.06. The summed E-state index contributed by atoms with van der Waals surface area (Å²) in [4.78, 5) is 7.04. The van der Waals surface area contributed by atoms with Gasteiger partial charge in [-0.25, -0.2) is 0 Å². The number of anilines is 1. The van der Waals surface area contributed by atoms with Crippen LogP contribution in [0.2, 0.25) is 0 Å². The molecule has 0 aromatic heterocycles. The minimum Gasteiger partial charge on any atom is -0.497 e. The van der Waals surface area contributed by atoms with Crippen molar-refractivity contribution in [1.82, 2.24) is 4.90 Å². The fourth-order valence-corrected chi connectivity index (χ4v) is 3.47. The van der Waals surface area contributed by atoms with Gasteiger partial charge in [-0.2, -0.15) is 0 Å². The Morgan fingerprint density at radius 2 is 1.76 bits per heavy atom. The molecule has 0 bridgehead atoms. The Bertz CT molecular complexity index is 775. The number of para-hydroxylation sites is 2. The van der Waals surface area contributed by atoms with Gasteiger partial charge in [-0.15, -0.1) is 24.0 Å². The van der Waals surface area contributed by atoms with Crippen molar-refractivity contribution < 1.29 is 9.47 Å². The number of benzene rings is 2. The van der Waals surface area contributed by atoms with E-state index in [1.165, 1.54) is 5.56 Å². The molecule has 3 N–H and O–H groups in total. The summed E-state index contributed by atoms with van der Waals surface area (Å²) in [5.74, 6) is 2.67. The smallest absolute Gasteiger partial charge is 0.193 e. The summed E-state index contributed by atoms with van der Waals surface area (Å²) in [6.45, 7) is 3.92. The predicted octanol–water partition coefficient (Wildman–Crippen LogP) is 3.96. The molecular formula is C22H31IN4O2. The number of nitrogens with one attached hydrogen (secondary N) is 1. The van der Waals surface area contributed by atoms with Gasteiger partial charge in [0.2, 0.25) is 0 Å². The van der Waals surface area contributed by atoms with Crippen molar-refractivity contribution in [1.29, 1.82) is 0 Å². The van der Waals surface area contributed by atoms with Gasteiger partial charge in [-0.3, -0.25) is 9.89 Å². The molecule has 29 heavy (non-hydrogen) atoms. The number of nitrogens with zero attached hydrogens (tertiary/aromatic N) is 2. The maximum Gasteiger partial charge on any atom is 0.193 e. The topological polar surface area (TPSA) is 72.1 Å². The number of piperidine rings is 1. The summed E-state index contributed by atoms with van der Waals surface area (Å²) in [7, 11) is 3.34. The zero-order chi connectivity index (χ0) is 19.8. The lowest BCUT2D eigenvalue weighted by atomic mass is 9.96. The molecule has 1 saturated heterocycles. The first-order valence-electron chi connectivity index (χ1n) is 9.73. The van der Waals surface area contributed by atoms with Crippen molar-refractivity contribution in [2.75, 3.05) is 39.2 Å². The number of likely N-dealkylation sites (tertiary alicyclic amines) is 1. The van der Waals surface area contributed by atoms with E-state index in [1.54, 1.807) is 14.2 Å². The number of nitrogens with two attached hydrogens (primary N) is 1. The summed E-state index contributed by atoms with van der Waals surface area (Å²) in [6, 6.07) is 16.0. The van der Waals surface area contributed by atoms with Crippen LogP contribution in [0.5, 0.6) is 11.5 Å². The van der Waals surface area contributed by atoms with Gasteiger partial charge in [0.1, 0.15) is 11.5 Å². The minimum atomic E-state index is 0. The Hall–Kier alpha value is -2.00. The summed E-state index contributed by atoms with van der Waals surface area (Å²) in [5, 5.41) is 3.13. The number of ether oxygens (including phenoxy) is 2. The summed E-state index contributed by atoms with van der Waals surface area (Å²) >= 11 is 0. The van der Waals surface area contributed by atoms with Gasteiger partial charge >= 0.3 is 0 Å².